The van der Waals surface area contributed by atoms with E-state index in [2.05, 4.69) is 17.6 Å². The van der Waals surface area contributed by atoms with Crippen molar-refractivity contribution >= 4 is 5.78 Å². The lowest BCUT2D eigenvalue weighted by Gasteiger charge is -2.70. The SMILES string of the molecule is CCC[C@@H]1CC[C@H]2[C@H]3[C@@H](O[C@@H]2CC1)[C@@](O)([C@](C)(O)[C@H]1CC[C@@]2(O)C4=C(NC[C@H](C)O)C(=O)[C@@H]5C[C@@H](O)[C@@H](O)C[C@@]56C[C@H](C5=C(CCCO)NC(N)C=C5)C=C[C@@](O)(C[C@]12C1(CO)CCCC1)[C@@H]46)CCC[C@@H]3O. The molecule has 0 aromatic heterocycles. The summed E-state index contributed by atoms with van der Waals surface area (Å²) >= 11 is 0. The topological polar surface area (TPSA) is 279 Å². The first-order chi connectivity index (χ1) is 34.2. The van der Waals surface area contributed by atoms with Crippen molar-refractivity contribution in [3.05, 3.63) is 46.8 Å². The Kier molecular flexibility index (Phi) is 14.3. The molecule has 404 valence electrons. The molecule has 0 aromatic carbocycles. The predicted octanol–water partition coefficient (Wildman–Crippen LogP) is 3.41. The molecule has 0 aromatic rings. The maximum absolute atomic E-state index is 15.9. The maximum Gasteiger partial charge on any atom is 0.182 e. The van der Waals surface area contributed by atoms with Crippen LogP contribution >= 0.6 is 0 Å². The Balaban J connectivity index is 1.19. The van der Waals surface area contributed by atoms with Crippen LogP contribution in [0.2, 0.25) is 0 Å². The van der Waals surface area contributed by atoms with Crippen molar-refractivity contribution in [3.63, 3.8) is 0 Å². The van der Waals surface area contributed by atoms with Crippen LogP contribution in [0.3, 0.4) is 0 Å². The van der Waals surface area contributed by atoms with Crippen molar-refractivity contribution in [1.29, 1.82) is 0 Å². The number of dihydropyridines is 1. The van der Waals surface area contributed by atoms with Gasteiger partial charge in [-0.05, 0) is 157 Å². The number of ketones is 1. The smallest absolute Gasteiger partial charge is 0.182 e. The molecule has 0 amide bonds. The van der Waals surface area contributed by atoms with Crippen molar-refractivity contribution in [2.24, 2.45) is 63.4 Å². The largest absolute Gasteiger partial charge is 0.396 e. The third kappa shape index (κ3) is 7.80. The van der Waals surface area contributed by atoms with Crippen molar-refractivity contribution < 1.29 is 60.6 Å². The zero-order valence-corrected chi connectivity index (χ0v) is 43.2. The molecule has 1 saturated heterocycles. The fourth-order valence-corrected chi connectivity index (χ4v) is 19.0. The summed E-state index contributed by atoms with van der Waals surface area (Å²) < 4.78 is 7.11. The lowest BCUT2D eigenvalue weighted by Crippen LogP contribution is -2.76. The summed E-state index contributed by atoms with van der Waals surface area (Å²) in [6, 6.07) is 0. The van der Waals surface area contributed by atoms with Crippen LogP contribution in [-0.4, -0.2) is 142 Å². The van der Waals surface area contributed by atoms with Gasteiger partial charge in [0.15, 0.2) is 5.78 Å². The van der Waals surface area contributed by atoms with Gasteiger partial charge in [0.25, 0.3) is 0 Å². The second-order valence-corrected chi connectivity index (χ2v) is 25.5. The standard InChI is InChI=1S/C57H89N3O12/c1-4-9-33-12-14-36-42(16-13-33)72-50-45(36)39(64)11-7-22-57(50,71)51(3,68)43-19-24-56(70)46-47(59-29-32(2)63)48(67)37-26-40(65)41(66)28-53(37)27-34(35-15-17-44(58)60-38(35)10-8-25-61)18-23-54(69,49(46)53)30-55(43,56)52(31-62)20-5-6-21-52/h15,17-18,23,32-34,36-37,39-45,49-50,59-66,68-71H,4-14,16,19-22,24-31,58H2,1-3H3/t32-,33+,34+,36+,37-,39-,40+,41-,42+,43+,44?,45+,49-,50+,51+,53-,54+,55+,56+,57+/m0/s1. The van der Waals surface area contributed by atoms with Gasteiger partial charge < -0.3 is 72.2 Å². The van der Waals surface area contributed by atoms with Crippen LogP contribution in [0.25, 0.3) is 0 Å². The highest BCUT2D eigenvalue weighted by molar-refractivity contribution is 6.00. The molecule has 0 radical (unpaired) electrons. The third-order valence-electron chi connectivity index (χ3n) is 21.9. The molecule has 8 aliphatic carbocycles. The molecule has 14 N–H and O–H groups in total. The van der Waals surface area contributed by atoms with Gasteiger partial charge in [-0.2, -0.15) is 0 Å². The number of nitrogens with two attached hydrogens (primary N) is 1. The summed E-state index contributed by atoms with van der Waals surface area (Å²) in [7, 11) is 0. The lowest BCUT2D eigenvalue weighted by atomic mass is 9.36. The lowest BCUT2D eigenvalue weighted by molar-refractivity contribution is -0.290. The summed E-state index contributed by atoms with van der Waals surface area (Å²) in [4.78, 5) is 15.9. The van der Waals surface area contributed by atoms with Crippen LogP contribution in [0.5, 0.6) is 0 Å². The second kappa shape index (κ2) is 19.3. The van der Waals surface area contributed by atoms with E-state index in [-0.39, 0.29) is 81.4 Å². The van der Waals surface area contributed by atoms with Crippen molar-refractivity contribution in [3.8, 4) is 0 Å². The molecule has 10 aliphatic rings. The Morgan fingerprint density at radius 3 is 2.40 bits per heavy atom. The summed E-state index contributed by atoms with van der Waals surface area (Å²) in [6.45, 7) is 4.95. The Morgan fingerprint density at radius 1 is 0.944 bits per heavy atom. The molecule has 7 fully saturated rings. The molecule has 1 spiro atoms. The fourth-order valence-electron chi connectivity index (χ4n) is 19.0. The van der Waals surface area contributed by atoms with Crippen LogP contribution in [0.15, 0.2) is 46.8 Å². The van der Waals surface area contributed by atoms with Crippen LogP contribution in [-0.2, 0) is 9.53 Å². The number of ether oxygens (including phenoxy) is 1. The van der Waals surface area contributed by atoms with Crippen LogP contribution in [0.1, 0.15) is 156 Å². The molecule has 1 unspecified atom stereocenters. The summed E-state index contributed by atoms with van der Waals surface area (Å²) in [5.41, 5.74) is -3.52. The number of hydrogen-bond donors (Lipinski definition) is 13. The van der Waals surface area contributed by atoms with E-state index in [1.807, 2.05) is 24.3 Å². The quantitative estimate of drug-likeness (QED) is 0.118. The Morgan fingerprint density at radius 2 is 1.69 bits per heavy atom. The van der Waals surface area contributed by atoms with E-state index in [0.717, 1.165) is 49.8 Å². The molecular weight excluding hydrogens is 919 g/mol. The first-order valence-corrected chi connectivity index (χ1v) is 28.4. The van der Waals surface area contributed by atoms with Crippen LogP contribution in [0, 0.1) is 57.7 Å². The molecule has 72 heavy (non-hydrogen) atoms. The highest BCUT2D eigenvalue weighted by atomic mass is 16.5. The molecule has 2 heterocycles. The number of aliphatic hydroxyl groups excluding tert-OH is 6. The maximum atomic E-state index is 15.9. The van der Waals surface area contributed by atoms with E-state index >= 15 is 4.79 Å². The number of fused-ring (bicyclic) bond motifs is 5. The number of nitrogens with one attached hydrogen (secondary N) is 2. The van der Waals surface area contributed by atoms with Gasteiger partial charge in [0.1, 0.15) is 5.60 Å². The van der Waals surface area contributed by atoms with Gasteiger partial charge in [-0.15, -0.1) is 0 Å². The zero-order valence-electron chi connectivity index (χ0n) is 43.2. The van der Waals surface area contributed by atoms with Crippen molar-refractivity contribution in [2.75, 3.05) is 19.8 Å². The highest BCUT2D eigenvalue weighted by Crippen LogP contribution is 2.79. The predicted molar refractivity (Wildman–Crippen MR) is 269 cm³/mol. The van der Waals surface area contributed by atoms with Gasteiger partial charge in [0.05, 0.1) is 65.3 Å². The van der Waals surface area contributed by atoms with Gasteiger partial charge in [0, 0.05) is 60.0 Å². The molecule has 10 rings (SSSR count). The fraction of sp³-hybridized carbons (Fsp3) is 0.842. The Bertz CT molecular complexity index is 2170. The van der Waals surface area contributed by atoms with E-state index < -0.39 is 117 Å². The number of rotatable bonds is 13. The minimum atomic E-state index is -2.05. The second-order valence-electron chi connectivity index (χ2n) is 25.5. The van der Waals surface area contributed by atoms with Gasteiger partial charge in [0.2, 0.25) is 0 Å². The minimum absolute atomic E-state index is 0.0146. The average Bonchev–Trinajstić information content (AvgIpc) is 3.98. The summed E-state index contributed by atoms with van der Waals surface area (Å²) in [6.07, 6.45) is 11.9. The molecule has 2 aliphatic heterocycles. The number of aliphatic hydroxyl groups is 10. The van der Waals surface area contributed by atoms with E-state index in [4.69, 9.17) is 10.5 Å². The number of Topliss-reactive ketones (excluding diaryl/α,β-unsaturated/α-hetero) is 1. The summed E-state index contributed by atoms with van der Waals surface area (Å²) in [5, 5.41) is 133. The van der Waals surface area contributed by atoms with Gasteiger partial charge in [-0.25, -0.2) is 0 Å². The van der Waals surface area contributed by atoms with E-state index in [1.54, 1.807) is 13.8 Å². The normalized spacial score (nSPS) is 47.8. The van der Waals surface area contributed by atoms with Crippen LogP contribution < -0.4 is 16.4 Å². The monoisotopic (exact) mass is 1010 g/mol. The van der Waals surface area contributed by atoms with Crippen molar-refractivity contribution in [1.82, 2.24) is 10.6 Å². The molecule has 6 saturated carbocycles. The van der Waals surface area contributed by atoms with Gasteiger partial charge in [-0.1, -0.05) is 57.3 Å². The number of carbonyl (C=O) groups is 1. The van der Waals surface area contributed by atoms with E-state index in [1.165, 1.54) is 0 Å². The minimum Gasteiger partial charge on any atom is -0.396 e. The number of allylic oxidation sites excluding steroid dienone is 5. The molecular formula is C57H89N3O12. The van der Waals surface area contributed by atoms with E-state index in [9.17, 15) is 51.1 Å². The van der Waals surface area contributed by atoms with Gasteiger partial charge >= 0.3 is 0 Å². The van der Waals surface area contributed by atoms with Gasteiger partial charge in [-0.3, -0.25) is 4.79 Å². The molecule has 15 heteroatoms. The first-order valence-electron chi connectivity index (χ1n) is 28.4. The zero-order chi connectivity index (χ0) is 51.4. The Hall–Kier alpha value is -2.25. The molecule has 0 bridgehead atoms. The molecule has 15 nitrogen and oxygen atoms in total. The average molecular weight is 1010 g/mol. The first kappa shape index (κ1) is 53.2. The summed E-state index contributed by atoms with van der Waals surface area (Å²) in [5.74, 6) is -3.72. The number of hydrogen-bond acceptors (Lipinski definition) is 15. The van der Waals surface area contributed by atoms with Crippen molar-refractivity contribution in [2.45, 2.75) is 221 Å². The van der Waals surface area contributed by atoms with Crippen LogP contribution in [0.4, 0.5) is 0 Å². The van der Waals surface area contributed by atoms with E-state index in [0.29, 0.717) is 57.3 Å². The highest BCUT2D eigenvalue weighted by Gasteiger charge is 2.83. The number of carbonyl (C=O) groups excluding carboxylic acids is 1. The third-order valence-corrected chi connectivity index (χ3v) is 21.9. The Labute approximate surface area is 426 Å². The molecule has 20 atom stereocenters.